The number of hydrogen-bond acceptors (Lipinski definition) is 6. The molecule has 0 saturated carbocycles. The van der Waals surface area contributed by atoms with Crippen LogP contribution < -0.4 is 29.2 Å². The number of carboxylic acids is 1. The van der Waals surface area contributed by atoms with Gasteiger partial charge in [0.2, 0.25) is 0 Å². The van der Waals surface area contributed by atoms with Crippen LogP contribution in [-0.4, -0.2) is 41.0 Å². The van der Waals surface area contributed by atoms with Crippen molar-refractivity contribution in [2.75, 3.05) is 18.3 Å². The molecule has 0 unspecified atom stereocenters. The Bertz CT molecular complexity index is 468. The smallest absolute Gasteiger partial charge is 0.550 e. The summed E-state index contributed by atoms with van der Waals surface area (Å²) in [5.41, 5.74) is 1.09. The first-order valence-corrected chi connectivity index (χ1v) is 6.87. The molecule has 0 amide bonds. The Hall–Kier alpha value is -0.998. The van der Waals surface area contributed by atoms with E-state index >= 15 is 0 Å². The van der Waals surface area contributed by atoms with Gasteiger partial charge in [-0.15, -0.1) is 0 Å². The van der Waals surface area contributed by atoms with E-state index < -0.39 is 13.0 Å². The summed E-state index contributed by atoms with van der Waals surface area (Å²) in [5.74, 6) is -0.602. The van der Waals surface area contributed by atoms with Crippen LogP contribution in [0.25, 0.3) is 0 Å². The van der Waals surface area contributed by atoms with Crippen molar-refractivity contribution in [1.29, 1.82) is 0 Å². The molecule has 1 aromatic heterocycles. The normalized spacial score (nSPS) is 16.1. The molecule has 108 valence electrons. The fourth-order valence-electron chi connectivity index (χ4n) is 2.45. The van der Waals surface area contributed by atoms with E-state index in [0.717, 1.165) is 25.2 Å². The van der Waals surface area contributed by atoms with Crippen LogP contribution in [0.4, 0.5) is 5.82 Å². The minimum atomic E-state index is -0.933. The second-order valence-corrected chi connectivity index (χ2v) is 5.24. The van der Waals surface area contributed by atoms with Gasteiger partial charge in [0.15, 0.2) is 0 Å². The monoisotopic (exact) mass is 283 g/mol. The maximum absolute atomic E-state index is 10.8. The van der Waals surface area contributed by atoms with E-state index in [4.69, 9.17) is 0 Å². The van der Waals surface area contributed by atoms with Crippen molar-refractivity contribution in [3.8, 4) is 0 Å². The third-order valence-corrected chi connectivity index (χ3v) is 3.51. The Morgan fingerprint density at radius 2 is 2.24 bits per heavy atom. The van der Waals surface area contributed by atoms with Gasteiger partial charge in [-0.05, 0) is 50.5 Å². The number of nitrogens with zero attached hydrogens (tertiary/aromatic N) is 2. The predicted molar refractivity (Wildman–Crippen MR) is 74.7 cm³/mol. The maximum atomic E-state index is 10.8. The van der Waals surface area contributed by atoms with Crippen LogP contribution in [0.3, 0.4) is 0 Å². The first kappa shape index (κ1) is 18.1. The van der Waals surface area contributed by atoms with E-state index in [1.54, 1.807) is 13.0 Å². The predicted octanol–water partition coefficient (Wildman–Crippen LogP) is -3.43. The minimum absolute atomic E-state index is 0. The van der Waals surface area contributed by atoms with Crippen LogP contribution >= 0.6 is 0 Å². The van der Waals surface area contributed by atoms with Gasteiger partial charge < -0.3 is 20.2 Å². The summed E-state index contributed by atoms with van der Waals surface area (Å²) in [6.45, 7) is 3.93. The summed E-state index contributed by atoms with van der Waals surface area (Å²) in [4.78, 5) is 17.2. The van der Waals surface area contributed by atoms with E-state index in [0.29, 0.717) is 18.7 Å². The summed E-state index contributed by atoms with van der Waals surface area (Å²) in [6, 6.07) is 3.83. The zero-order valence-electron chi connectivity index (χ0n) is 12.6. The topological polar surface area (TPSA) is 88.5 Å². The van der Waals surface area contributed by atoms with Crippen LogP contribution in [0.15, 0.2) is 18.3 Å². The number of carboxylic acid groups (broad SMARTS) is 1. The van der Waals surface area contributed by atoms with Crippen molar-refractivity contribution in [3.05, 3.63) is 23.9 Å². The molecule has 0 aromatic carbocycles. The Balaban J connectivity index is 0.00000220. The first-order valence-electron chi connectivity index (χ1n) is 6.87. The number of nitrogens with one attached hydrogen (secondary N) is 1. The van der Waals surface area contributed by atoms with Gasteiger partial charge in [-0.2, -0.15) is 0 Å². The summed E-state index contributed by atoms with van der Waals surface area (Å²) in [5, 5.41) is 22.9. The second kappa shape index (κ2) is 8.45. The number of aliphatic carboxylic acids is 1. The zero-order valence-corrected chi connectivity index (χ0v) is 12.6. The van der Waals surface area contributed by atoms with Crippen LogP contribution in [0.5, 0.6) is 0 Å². The Morgan fingerprint density at radius 3 is 2.81 bits per heavy atom. The van der Waals surface area contributed by atoms with Crippen LogP contribution in [0, 0.1) is 5.92 Å². The fourth-order valence-corrected chi connectivity index (χ4v) is 2.45. The molecule has 2 N–H and O–H groups in total. The molecule has 6 nitrogen and oxygen atoms in total. The van der Waals surface area contributed by atoms with E-state index in [-0.39, 0.29) is 24.8 Å². The Morgan fingerprint density at radius 1 is 1.57 bits per heavy atom. The van der Waals surface area contributed by atoms with Gasteiger partial charge >= 0.3 is 25.9 Å². The number of pyridine rings is 1. The van der Waals surface area contributed by atoms with Gasteiger partial charge in [-0.3, -0.25) is 4.90 Å². The van der Waals surface area contributed by atoms with Gasteiger partial charge in [0.25, 0.3) is 0 Å². The van der Waals surface area contributed by atoms with Crippen molar-refractivity contribution in [3.63, 3.8) is 0 Å². The molecule has 0 radical (unpaired) electrons. The standard InChI is InChI=1S/C13H20BN3O3.Li/c1-14(20)16-12-8-10(2-5-15-12)9-17-6-3-11(4-7-17)13(18)19;/h2,5,8,11,20H,3-4,6-7,9H2,1H3,(H,15,16)(H,18,19);/q;+1/p-1. The first-order chi connectivity index (χ1) is 9.54. The van der Waals surface area contributed by atoms with Crippen molar-refractivity contribution in [2.45, 2.75) is 26.2 Å². The number of anilines is 1. The number of likely N-dealkylation sites (tertiary alicyclic amines) is 1. The van der Waals surface area contributed by atoms with Crippen LogP contribution in [0.2, 0.25) is 6.82 Å². The van der Waals surface area contributed by atoms with Crippen LogP contribution in [0.1, 0.15) is 18.4 Å². The molecule has 0 atom stereocenters. The summed E-state index contributed by atoms with van der Waals surface area (Å²) >= 11 is 0. The molecule has 1 saturated heterocycles. The SMILES string of the molecule is CB(O)Nc1cc(CN2CCC(C(=O)[O-])CC2)ccn1.[Li+]. The molecule has 2 heterocycles. The number of piperidine rings is 1. The number of hydrogen-bond donors (Lipinski definition) is 2. The molecule has 0 spiro atoms. The number of carbonyl (C=O) groups is 1. The molecular formula is C13H19BLiN3O3. The third-order valence-electron chi connectivity index (χ3n) is 3.51. The summed E-state index contributed by atoms with van der Waals surface area (Å²) < 4.78 is 0. The molecular weight excluding hydrogens is 264 g/mol. The largest absolute Gasteiger partial charge is 1.00 e. The quantitative estimate of drug-likeness (QED) is 0.547. The zero-order chi connectivity index (χ0) is 14.5. The van der Waals surface area contributed by atoms with E-state index in [2.05, 4.69) is 15.1 Å². The number of aromatic nitrogens is 1. The second-order valence-electron chi connectivity index (χ2n) is 5.24. The average molecular weight is 283 g/mol. The minimum Gasteiger partial charge on any atom is -0.550 e. The third kappa shape index (κ3) is 5.72. The van der Waals surface area contributed by atoms with Gasteiger partial charge in [-0.25, -0.2) is 4.98 Å². The average Bonchev–Trinajstić information content (AvgIpc) is 2.39. The molecule has 1 aliphatic heterocycles. The number of rotatable bonds is 5. The summed E-state index contributed by atoms with van der Waals surface area (Å²) in [7, 11) is -0.642. The molecule has 1 aromatic rings. The maximum Gasteiger partial charge on any atom is 1.00 e. The Labute approximate surface area is 137 Å². The Kier molecular flexibility index (Phi) is 7.26. The van der Waals surface area contributed by atoms with E-state index in [9.17, 15) is 14.9 Å². The van der Waals surface area contributed by atoms with Crippen molar-refractivity contribution >= 4 is 18.8 Å². The van der Waals surface area contributed by atoms with Gasteiger partial charge in [0.1, 0.15) is 5.82 Å². The van der Waals surface area contributed by atoms with Crippen molar-refractivity contribution in [1.82, 2.24) is 9.88 Å². The van der Waals surface area contributed by atoms with Crippen molar-refractivity contribution in [2.24, 2.45) is 5.92 Å². The van der Waals surface area contributed by atoms with Gasteiger partial charge in [0.05, 0.1) is 0 Å². The number of carbonyl (C=O) groups excluding carboxylic acids is 1. The van der Waals surface area contributed by atoms with E-state index in [1.165, 1.54) is 0 Å². The molecule has 0 bridgehead atoms. The molecule has 21 heavy (non-hydrogen) atoms. The molecule has 2 rings (SSSR count). The molecule has 8 heteroatoms. The molecule has 0 aliphatic carbocycles. The van der Waals surface area contributed by atoms with E-state index in [1.807, 2.05) is 12.1 Å². The van der Waals surface area contributed by atoms with Crippen molar-refractivity contribution < 1.29 is 33.8 Å². The molecule has 1 fully saturated rings. The van der Waals surface area contributed by atoms with Gasteiger partial charge in [0, 0.05) is 24.6 Å². The van der Waals surface area contributed by atoms with Crippen LogP contribution in [-0.2, 0) is 11.3 Å². The van der Waals surface area contributed by atoms with Gasteiger partial charge in [-0.1, -0.05) is 0 Å². The molecule has 1 aliphatic rings. The fraction of sp³-hybridized carbons (Fsp3) is 0.538. The summed E-state index contributed by atoms with van der Waals surface area (Å²) in [6.07, 6.45) is 2.99.